The molecule has 0 amide bonds. The predicted molar refractivity (Wildman–Crippen MR) is 78.9 cm³/mol. The van der Waals surface area contributed by atoms with Crippen molar-refractivity contribution in [3.8, 4) is 0 Å². The molecule has 0 aliphatic carbocycles. The molecule has 19 heavy (non-hydrogen) atoms. The summed E-state index contributed by atoms with van der Waals surface area (Å²) in [6, 6.07) is 7.26. The number of rotatable bonds is 5. The topological polar surface area (TPSA) is 55.2 Å². The molecule has 100 valence electrons. The van der Waals surface area contributed by atoms with Crippen LogP contribution in [0, 0.1) is 17.0 Å². The third kappa shape index (κ3) is 3.12. The zero-order valence-electron chi connectivity index (χ0n) is 11.0. The van der Waals surface area contributed by atoms with Gasteiger partial charge < -0.3 is 5.32 Å². The lowest BCUT2D eigenvalue weighted by atomic mass is 10.1. The van der Waals surface area contributed by atoms with Crippen molar-refractivity contribution in [3.05, 3.63) is 55.8 Å². The van der Waals surface area contributed by atoms with Gasteiger partial charge >= 0.3 is 0 Å². The highest BCUT2D eigenvalue weighted by Gasteiger charge is 2.10. The number of anilines is 1. The SMILES string of the molecule is CCc1ccsc1CNc1ccc([N+](=O)[O-])c(C)c1. The molecular formula is C14H16N2O2S. The second-order valence-corrected chi connectivity index (χ2v) is 5.34. The van der Waals surface area contributed by atoms with E-state index in [1.165, 1.54) is 10.4 Å². The lowest BCUT2D eigenvalue weighted by Gasteiger charge is -2.07. The molecule has 0 fully saturated rings. The van der Waals surface area contributed by atoms with Crippen LogP contribution >= 0.6 is 11.3 Å². The van der Waals surface area contributed by atoms with Crippen LogP contribution in [0.1, 0.15) is 22.9 Å². The van der Waals surface area contributed by atoms with E-state index in [2.05, 4.69) is 23.7 Å². The van der Waals surface area contributed by atoms with Gasteiger partial charge in [0.15, 0.2) is 0 Å². The van der Waals surface area contributed by atoms with Crippen LogP contribution in [0.5, 0.6) is 0 Å². The summed E-state index contributed by atoms with van der Waals surface area (Å²) in [6.07, 6.45) is 1.03. The van der Waals surface area contributed by atoms with Crippen molar-refractivity contribution in [1.29, 1.82) is 0 Å². The average Bonchev–Trinajstić information content (AvgIpc) is 2.83. The second-order valence-electron chi connectivity index (χ2n) is 4.33. The van der Waals surface area contributed by atoms with Gasteiger partial charge in [0.05, 0.1) is 4.92 Å². The highest BCUT2D eigenvalue weighted by Crippen LogP contribution is 2.23. The number of nitro groups is 1. The van der Waals surface area contributed by atoms with Crippen molar-refractivity contribution in [2.24, 2.45) is 0 Å². The minimum Gasteiger partial charge on any atom is -0.380 e. The van der Waals surface area contributed by atoms with Crippen LogP contribution < -0.4 is 5.32 Å². The Kier molecular flexibility index (Phi) is 4.16. The van der Waals surface area contributed by atoms with Gasteiger partial charge in [-0.25, -0.2) is 0 Å². The molecule has 0 atom stereocenters. The summed E-state index contributed by atoms with van der Waals surface area (Å²) in [5.74, 6) is 0. The van der Waals surface area contributed by atoms with Gasteiger partial charge in [-0.15, -0.1) is 11.3 Å². The molecule has 0 bridgehead atoms. The number of nitrogens with one attached hydrogen (secondary N) is 1. The number of benzene rings is 1. The largest absolute Gasteiger partial charge is 0.380 e. The zero-order valence-corrected chi connectivity index (χ0v) is 11.8. The van der Waals surface area contributed by atoms with Gasteiger partial charge in [-0.3, -0.25) is 10.1 Å². The van der Waals surface area contributed by atoms with Crippen molar-refractivity contribution >= 4 is 22.7 Å². The van der Waals surface area contributed by atoms with Gasteiger partial charge in [-0.2, -0.15) is 0 Å². The minimum atomic E-state index is -0.354. The Labute approximate surface area is 116 Å². The fourth-order valence-corrected chi connectivity index (χ4v) is 2.91. The van der Waals surface area contributed by atoms with E-state index in [4.69, 9.17) is 0 Å². The van der Waals surface area contributed by atoms with E-state index in [0.29, 0.717) is 5.56 Å². The maximum absolute atomic E-state index is 10.7. The van der Waals surface area contributed by atoms with Crippen molar-refractivity contribution in [1.82, 2.24) is 0 Å². The predicted octanol–water partition coefficient (Wildman–Crippen LogP) is 4.14. The summed E-state index contributed by atoms with van der Waals surface area (Å²) in [4.78, 5) is 11.7. The third-order valence-corrected chi connectivity index (χ3v) is 4.03. The molecule has 1 N–H and O–H groups in total. The van der Waals surface area contributed by atoms with Crippen molar-refractivity contribution < 1.29 is 4.92 Å². The molecule has 2 rings (SSSR count). The molecule has 4 nitrogen and oxygen atoms in total. The molecule has 0 aliphatic heterocycles. The van der Waals surface area contributed by atoms with Crippen molar-refractivity contribution in [2.75, 3.05) is 5.32 Å². The lowest BCUT2D eigenvalue weighted by molar-refractivity contribution is -0.385. The summed E-state index contributed by atoms with van der Waals surface area (Å²) >= 11 is 1.73. The molecular weight excluding hydrogens is 260 g/mol. The molecule has 0 spiro atoms. The Morgan fingerprint density at radius 1 is 1.37 bits per heavy atom. The first kappa shape index (κ1) is 13.5. The molecule has 0 unspecified atom stereocenters. The molecule has 5 heteroatoms. The normalized spacial score (nSPS) is 10.4. The number of hydrogen-bond donors (Lipinski definition) is 1. The van der Waals surface area contributed by atoms with Crippen LogP contribution in [0.15, 0.2) is 29.6 Å². The lowest BCUT2D eigenvalue weighted by Crippen LogP contribution is -2.00. The van der Waals surface area contributed by atoms with Crippen LogP contribution in [0.3, 0.4) is 0 Å². The van der Waals surface area contributed by atoms with Crippen molar-refractivity contribution in [3.63, 3.8) is 0 Å². The second kappa shape index (κ2) is 5.84. The number of hydrogen-bond acceptors (Lipinski definition) is 4. The first-order valence-electron chi connectivity index (χ1n) is 6.16. The Hall–Kier alpha value is -1.88. The van der Waals surface area contributed by atoms with Crippen molar-refractivity contribution in [2.45, 2.75) is 26.8 Å². The smallest absolute Gasteiger partial charge is 0.272 e. The van der Waals surface area contributed by atoms with E-state index < -0.39 is 0 Å². The van der Waals surface area contributed by atoms with Gasteiger partial charge in [0.25, 0.3) is 5.69 Å². The Morgan fingerprint density at radius 3 is 2.79 bits per heavy atom. The van der Waals surface area contributed by atoms with Gasteiger partial charge in [-0.1, -0.05) is 6.92 Å². The molecule has 0 aliphatic rings. The van der Waals surface area contributed by atoms with Crippen LogP contribution in [0.2, 0.25) is 0 Å². The quantitative estimate of drug-likeness (QED) is 0.659. The average molecular weight is 276 g/mol. The van der Waals surface area contributed by atoms with Gasteiger partial charge in [0.2, 0.25) is 0 Å². The first-order valence-corrected chi connectivity index (χ1v) is 7.04. The van der Waals surface area contributed by atoms with E-state index in [1.807, 2.05) is 6.07 Å². The highest BCUT2D eigenvalue weighted by molar-refractivity contribution is 7.10. The fraction of sp³-hybridized carbons (Fsp3) is 0.286. The number of nitrogens with zero attached hydrogens (tertiary/aromatic N) is 1. The number of thiophene rings is 1. The highest BCUT2D eigenvalue weighted by atomic mass is 32.1. The van der Waals surface area contributed by atoms with E-state index in [9.17, 15) is 10.1 Å². The van der Waals surface area contributed by atoms with E-state index in [-0.39, 0.29) is 10.6 Å². The summed E-state index contributed by atoms with van der Waals surface area (Å²) in [5, 5.41) is 16.2. The number of aryl methyl sites for hydroxylation is 2. The molecule has 2 aromatic rings. The molecule has 0 saturated carbocycles. The molecule has 1 aromatic carbocycles. The maximum Gasteiger partial charge on any atom is 0.272 e. The summed E-state index contributed by atoms with van der Waals surface area (Å²) < 4.78 is 0. The van der Waals surface area contributed by atoms with Gasteiger partial charge in [-0.05, 0) is 42.5 Å². The molecule has 0 radical (unpaired) electrons. The molecule has 1 aromatic heterocycles. The first-order chi connectivity index (χ1) is 9.11. The summed E-state index contributed by atoms with van der Waals surface area (Å²) in [5.41, 5.74) is 3.11. The monoisotopic (exact) mass is 276 g/mol. The Morgan fingerprint density at radius 2 is 2.16 bits per heavy atom. The molecule has 1 heterocycles. The van der Waals surface area contributed by atoms with Crippen LogP contribution in [-0.4, -0.2) is 4.92 Å². The third-order valence-electron chi connectivity index (χ3n) is 3.07. The standard InChI is InChI=1S/C14H16N2O2S/c1-3-11-6-7-19-14(11)9-15-12-4-5-13(16(17)18)10(2)8-12/h4-8,15H,3,9H2,1-2H3. The Balaban J connectivity index is 2.08. The summed E-state index contributed by atoms with van der Waals surface area (Å²) in [7, 11) is 0. The van der Waals surface area contributed by atoms with Crippen LogP contribution in [0.4, 0.5) is 11.4 Å². The Bertz CT molecular complexity index is 593. The van der Waals surface area contributed by atoms with Crippen LogP contribution in [0.25, 0.3) is 0 Å². The summed E-state index contributed by atoms with van der Waals surface area (Å²) in [6.45, 7) is 4.66. The van der Waals surface area contributed by atoms with Gasteiger partial charge in [0, 0.05) is 28.7 Å². The van der Waals surface area contributed by atoms with E-state index in [0.717, 1.165) is 18.7 Å². The van der Waals surface area contributed by atoms with E-state index >= 15 is 0 Å². The van der Waals surface area contributed by atoms with E-state index in [1.54, 1.807) is 30.4 Å². The van der Waals surface area contributed by atoms with Crippen LogP contribution in [-0.2, 0) is 13.0 Å². The van der Waals surface area contributed by atoms with Gasteiger partial charge in [0.1, 0.15) is 0 Å². The minimum absolute atomic E-state index is 0.163. The fourth-order valence-electron chi connectivity index (χ4n) is 1.99. The maximum atomic E-state index is 10.7. The molecule has 0 saturated heterocycles. The zero-order chi connectivity index (χ0) is 13.8. The number of nitro benzene ring substituents is 1.